The van der Waals surface area contributed by atoms with Gasteiger partial charge in [-0.1, -0.05) is 0 Å². The maximum Gasteiger partial charge on any atom is 0.316 e. The van der Waals surface area contributed by atoms with Gasteiger partial charge in [0.1, 0.15) is 23.3 Å². The molecule has 0 aliphatic carbocycles. The Kier molecular flexibility index (Phi) is 2.84. The molecule has 5 nitrogen and oxygen atoms in total. The number of carbonyl (C=O) groups excluding carboxylic acids is 1. The van der Waals surface area contributed by atoms with Crippen LogP contribution in [0.15, 0.2) is 6.07 Å². The van der Waals surface area contributed by atoms with Gasteiger partial charge in [0.25, 0.3) is 0 Å². The molecule has 2 heterocycles. The van der Waals surface area contributed by atoms with E-state index in [1.807, 2.05) is 0 Å². The van der Waals surface area contributed by atoms with Crippen molar-refractivity contribution in [2.75, 3.05) is 13.2 Å². The van der Waals surface area contributed by atoms with E-state index in [0.717, 1.165) is 6.07 Å². The van der Waals surface area contributed by atoms with Crippen molar-refractivity contribution in [1.29, 1.82) is 0 Å². The Morgan fingerprint density at radius 2 is 2.20 bits per heavy atom. The van der Waals surface area contributed by atoms with Gasteiger partial charge >= 0.3 is 5.97 Å². The first-order valence-corrected chi connectivity index (χ1v) is 6.14. The van der Waals surface area contributed by atoms with Crippen LogP contribution < -0.4 is 10.1 Å². The molecule has 2 N–H and O–H groups in total. The highest BCUT2D eigenvalue weighted by Crippen LogP contribution is 2.38. The minimum Gasteiger partial charge on any atom is -0.493 e. The van der Waals surface area contributed by atoms with Crippen molar-refractivity contribution in [3.63, 3.8) is 0 Å². The van der Waals surface area contributed by atoms with Crippen molar-refractivity contribution in [3.05, 3.63) is 28.8 Å². The number of ether oxygens (including phenoxy) is 1. The van der Waals surface area contributed by atoms with Gasteiger partial charge in [0.05, 0.1) is 6.61 Å². The highest BCUT2D eigenvalue weighted by atomic mass is 19.1. The number of carboxylic acids is 1. The molecular weight excluding hydrogens is 272 g/mol. The first-order valence-electron chi connectivity index (χ1n) is 6.14. The van der Waals surface area contributed by atoms with Crippen molar-refractivity contribution in [2.45, 2.75) is 12.3 Å². The third-order valence-electron chi connectivity index (χ3n) is 3.74. The van der Waals surface area contributed by atoms with Gasteiger partial charge in [-0.3, -0.25) is 9.59 Å². The van der Waals surface area contributed by atoms with Gasteiger partial charge < -0.3 is 15.2 Å². The summed E-state index contributed by atoms with van der Waals surface area (Å²) in [6.45, 7) is 0.169. The second-order valence-corrected chi connectivity index (χ2v) is 4.83. The zero-order chi connectivity index (χ0) is 14.4. The zero-order valence-electron chi connectivity index (χ0n) is 10.3. The molecule has 106 valence electrons. The highest BCUT2D eigenvalue weighted by Gasteiger charge is 2.44. The number of nitrogens with one attached hydrogen (secondary N) is 1. The molecule has 3 rings (SSSR count). The van der Waals surface area contributed by atoms with E-state index < -0.39 is 35.3 Å². The molecule has 7 heteroatoms. The number of carbonyl (C=O) groups is 2. The summed E-state index contributed by atoms with van der Waals surface area (Å²) in [5.41, 5.74) is -0.107. The van der Waals surface area contributed by atoms with E-state index in [4.69, 9.17) is 9.84 Å². The number of rotatable bonds is 2. The molecule has 2 aliphatic heterocycles. The average Bonchev–Trinajstić information content (AvgIpc) is 2.96. The Morgan fingerprint density at radius 1 is 1.45 bits per heavy atom. The third-order valence-corrected chi connectivity index (χ3v) is 3.74. The zero-order valence-corrected chi connectivity index (χ0v) is 10.3. The lowest BCUT2D eigenvalue weighted by Gasteiger charge is -2.16. The number of amides is 1. The molecule has 0 spiro atoms. The van der Waals surface area contributed by atoms with Crippen LogP contribution in [0.2, 0.25) is 0 Å². The lowest BCUT2D eigenvalue weighted by atomic mass is 9.86. The monoisotopic (exact) mass is 283 g/mol. The van der Waals surface area contributed by atoms with Crippen LogP contribution in [0.5, 0.6) is 5.75 Å². The van der Waals surface area contributed by atoms with E-state index in [1.54, 1.807) is 0 Å². The summed E-state index contributed by atoms with van der Waals surface area (Å²) in [5.74, 6) is -6.17. The van der Waals surface area contributed by atoms with E-state index >= 15 is 0 Å². The van der Waals surface area contributed by atoms with Crippen molar-refractivity contribution < 1.29 is 28.2 Å². The average molecular weight is 283 g/mol. The first-order chi connectivity index (χ1) is 9.50. The molecule has 20 heavy (non-hydrogen) atoms. The molecule has 1 aromatic carbocycles. The highest BCUT2D eigenvalue weighted by molar-refractivity contribution is 5.99. The number of halogens is 2. The molecule has 1 saturated heterocycles. The number of hydrogen-bond donors (Lipinski definition) is 2. The maximum absolute atomic E-state index is 14.4. The lowest BCUT2D eigenvalue weighted by Crippen LogP contribution is -2.27. The molecule has 0 aromatic heterocycles. The van der Waals surface area contributed by atoms with Crippen LogP contribution >= 0.6 is 0 Å². The second-order valence-electron chi connectivity index (χ2n) is 4.83. The summed E-state index contributed by atoms with van der Waals surface area (Å²) in [4.78, 5) is 22.6. The number of fused-ring (bicyclic) bond motifs is 1. The van der Waals surface area contributed by atoms with Gasteiger partial charge in [0.15, 0.2) is 0 Å². The van der Waals surface area contributed by atoms with E-state index in [0.29, 0.717) is 6.42 Å². The quantitative estimate of drug-likeness (QED) is 0.788. The van der Waals surface area contributed by atoms with Gasteiger partial charge in [0, 0.05) is 36.1 Å². The molecule has 0 bridgehead atoms. The standard InChI is InChI=1S/C13H11F2NO4/c14-7-3-8-5(1-2-20-8)11(15)9(7)6-4-16-12(17)10(6)13(18)19/h3,6,10H,1-2,4H2,(H,16,17)(H,18,19)/t6-,10-/m0/s1. The Morgan fingerprint density at radius 3 is 2.90 bits per heavy atom. The van der Waals surface area contributed by atoms with Crippen molar-refractivity contribution in [1.82, 2.24) is 5.32 Å². The van der Waals surface area contributed by atoms with E-state index in [-0.39, 0.29) is 30.0 Å². The normalized spacial score (nSPS) is 24.2. The maximum atomic E-state index is 14.4. The smallest absolute Gasteiger partial charge is 0.316 e. The summed E-state index contributed by atoms with van der Waals surface area (Å²) in [5, 5.41) is 11.4. The van der Waals surface area contributed by atoms with Gasteiger partial charge in [-0.15, -0.1) is 0 Å². The van der Waals surface area contributed by atoms with Crippen molar-refractivity contribution in [3.8, 4) is 5.75 Å². The predicted octanol–water partition coefficient (Wildman–Crippen LogP) is 0.814. The van der Waals surface area contributed by atoms with Crippen molar-refractivity contribution >= 4 is 11.9 Å². The molecular formula is C13H11F2NO4. The van der Waals surface area contributed by atoms with Crippen LogP contribution in [0.1, 0.15) is 17.0 Å². The number of hydrogen-bond acceptors (Lipinski definition) is 3. The van der Waals surface area contributed by atoms with Gasteiger partial charge in [-0.2, -0.15) is 0 Å². The number of benzene rings is 1. The molecule has 0 radical (unpaired) electrons. The number of carboxylic acid groups (broad SMARTS) is 1. The number of aliphatic carboxylic acids is 1. The molecule has 1 amide bonds. The van der Waals surface area contributed by atoms with Gasteiger partial charge in [-0.25, -0.2) is 8.78 Å². The SMILES string of the molecule is O=C(O)[C@@H]1C(=O)NC[C@H]1c1c(F)cc2c(c1F)CCO2. The summed E-state index contributed by atoms with van der Waals surface area (Å²) >= 11 is 0. The fraction of sp³-hybridized carbons (Fsp3) is 0.385. The Bertz CT molecular complexity index is 617. The Hall–Kier alpha value is -2.18. The van der Waals surface area contributed by atoms with Crippen LogP contribution in [-0.4, -0.2) is 30.1 Å². The minimum absolute atomic E-state index is 0.0940. The van der Waals surface area contributed by atoms with Gasteiger partial charge in [0.2, 0.25) is 5.91 Å². The Labute approximate surface area is 112 Å². The van der Waals surface area contributed by atoms with E-state index in [1.165, 1.54) is 0 Å². The van der Waals surface area contributed by atoms with E-state index in [9.17, 15) is 18.4 Å². The summed E-state index contributed by atoms with van der Waals surface area (Å²) < 4.78 is 33.6. The Balaban J connectivity index is 2.11. The van der Waals surface area contributed by atoms with Crippen LogP contribution in [0, 0.1) is 17.6 Å². The minimum atomic E-state index is -1.47. The van der Waals surface area contributed by atoms with Crippen LogP contribution in [0.25, 0.3) is 0 Å². The summed E-state index contributed by atoms with van der Waals surface area (Å²) in [7, 11) is 0. The molecule has 1 fully saturated rings. The summed E-state index contributed by atoms with van der Waals surface area (Å²) in [6.07, 6.45) is 0.306. The van der Waals surface area contributed by atoms with Crippen LogP contribution in [0.3, 0.4) is 0 Å². The molecule has 0 saturated carbocycles. The molecule has 0 unspecified atom stereocenters. The first kappa shape index (κ1) is 12.8. The van der Waals surface area contributed by atoms with Crippen molar-refractivity contribution in [2.24, 2.45) is 5.92 Å². The third kappa shape index (κ3) is 1.73. The lowest BCUT2D eigenvalue weighted by molar-refractivity contribution is -0.145. The fourth-order valence-corrected chi connectivity index (χ4v) is 2.79. The summed E-state index contributed by atoms with van der Waals surface area (Å²) in [6, 6.07) is 1.06. The topological polar surface area (TPSA) is 75.6 Å². The second kappa shape index (κ2) is 4.43. The predicted molar refractivity (Wildman–Crippen MR) is 62.4 cm³/mol. The molecule has 1 aromatic rings. The van der Waals surface area contributed by atoms with E-state index in [2.05, 4.69) is 5.32 Å². The molecule has 2 aliphatic rings. The van der Waals surface area contributed by atoms with Crippen LogP contribution in [0.4, 0.5) is 8.78 Å². The largest absolute Gasteiger partial charge is 0.493 e. The fourth-order valence-electron chi connectivity index (χ4n) is 2.79. The van der Waals surface area contributed by atoms with Gasteiger partial charge in [-0.05, 0) is 0 Å². The molecule has 2 atom stereocenters. The van der Waals surface area contributed by atoms with Crippen LogP contribution in [-0.2, 0) is 16.0 Å².